The fourth-order valence-electron chi connectivity index (χ4n) is 1.03. The van der Waals surface area contributed by atoms with Gasteiger partial charge in [-0.25, -0.2) is 9.78 Å². The Balaban J connectivity index is 0.000000980. The second kappa shape index (κ2) is 4.13. The highest BCUT2D eigenvalue weighted by molar-refractivity contribution is 7.22. The van der Waals surface area contributed by atoms with Crippen molar-refractivity contribution >= 4 is 51.5 Å². The summed E-state index contributed by atoms with van der Waals surface area (Å²) in [5.74, 6) is -0.953. The molecule has 2 rings (SSSR count). The number of fused-ring (bicyclic) bond motifs is 1. The van der Waals surface area contributed by atoms with Crippen molar-refractivity contribution in [1.82, 2.24) is 4.98 Å². The minimum Gasteiger partial charge on any atom is -0.478 e. The van der Waals surface area contributed by atoms with Crippen molar-refractivity contribution in [2.45, 2.75) is 0 Å². The Morgan fingerprint density at radius 1 is 1.50 bits per heavy atom. The van der Waals surface area contributed by atoms with Crippen LogP contribution in [0.5, 0.6) is 0 Å². The topological polar surface area (TPSA) is 50.2 Å². The molecule has 0 aliphatic heterocycles. The van der Waals surface area contributed by atoms with E-state index in [1.807, 2.05) is 0 Å². The van der Waals surface area contributed by atoms with E-state index in [9.17, 15) is 4.79 Å². The molecule has 0 saturated carbocycles. The van der Waals surface area contributed by atoms with Gasteiger partial charge in [0.15, 0.2) is 4.47 Å². The molecule has 14 heavy (non-hydrogen) atoms. The maximum atomic E-state index is 10.6. The fraction of sp³-hybridized carbons (Fsp3) is 0. The zero-order valence-corrected chi connectivity index (χ0v) is 9.12. The van der Waals surface area contributed by atoms with E-state index in [0.717, 1.165) is 4.70 Å². The van der Waals surface area contributed by atoms with E-state index < -0.39 is 5.97 Å². The molecule has 1 heterocycles. The Labute approximate surface area is 94.8 Å². The molecule has 0 bridgehead atoms. The van der Waals surface area contributed by atoms with Crippen LogP contribution in [-0.4, -0.2) is 16.1 Å². The standard InChI is InChI=1S/C8H4ClNO2S.ClH/c9-8-10-5-3-4(7(11)12)1-2-6(5)13-8;/h1-3H,(H,11,12);1H. The van der Waals surface area contributed by atoms with Gasteiger partial charge in [0.1, 0.15) is 0 Å². The van der Waals surface area contributed by atoms with Gasteiger partial charge in [-0.1, -0.05) is 11.6 Å². The van der Waals surface area contributed by atoms with Crippen LogP contribution in [0.1, 0.15) is 10.4 Å². The number of halogens is 2. The van der Waals surface area contributed by atoms with Crippen molar-refractivity contribution in [2.75, 3.05) is 0 Å². The lowest BCUT2D eigenvalue weighted by Crippen LogP contribution is -1.94. The van der Waals surface area contributed by atoms with Gasteiger partial charge in [0.2, 0.25) is 0 Å². The normalized spacial score (nSPS) is 9.79. The lowest BCUT2D eigenvalue weighted by atomic mass is 10.2. The van der Waals surface area contributed by atoms with Crippen LogP contribution in [0, 0.1) is 0 Å². The van der Waals surface area contributed by atoms with E-state index in [2.05, 4.69) is 4.98 Å². The van der Waals surface area contributed by atoms with Crippen LogP contribution in [0.2, 0.25) is 4.47 Å². The van der Waals surface area contributed by atoms with E-state index >= 15 is 0 Å². The first-order valence-corrected chi connectivity index (χ1v) is 4.65. The highest BCUT2D eigenvalue weighted by atomic mass is 35.5. The lowest BCUT2D eigenvalue weighted by molar-refractivity contribution is 0.0697. The van der Waals surface area contributed by atoms with E-state index in [1.54, 1.807) is 12.1 Å². The summed E-state index contributed by atoms with van der Waals surface area (Å²) in [4.78, 5) is 14.6. The molecular formula is C8H5Cl2NO2S. The molecule has 6 heteroatoms. The number of aromatic carboxylic acids is 1. The van der Waals surface area contributed by atoms with Crippen LogP contribution >= 0.6 is 35.3 Å². The van der Waals surface area contributed by atoms with Crippen LogP contribution in [0.4, 0.5) is 0 Å². The van der Waals surface area contributed by atoms with Crippen LogP contribution in [-0.2, 0) is 0 Å². The molecule has 1 aromatic heterocycles. The monoisotopic (exact) mass is 249 g/mol. The number of carboxylic acids is 1. The van der Waals surface area contributed by atoms with E-state index in [1.165, 1.54) is 17.4 Å². The molecule has 0 fully saturated rings. The molecule has 0 unspecified atom stereocenters. The molecule has 1 aromatic carbocycles. The number of nitrogens with zero attached hydrogens (tertiary/aromatic N) is 1. The van der Waals surface area contributed by atoms with Gasteiger partial charge in [0, 0.05) is 0 Å². The fourth-order valence-corrected chi connectivity index (χ4v) is 2.04. The highest BCUT2D eigenvalue weighted by Crippen LogP contribution is 2.26. The molecule has 0 saturated heterocycles. The average molecular weight is 250 g/mol. The summed E-state index contributed by atoms with van der Waals surface area (Å²) >= 11 is 7.01. The summed E-state index contributed by atoms with van der Waals surface area (Å²) < 4.78 is 1.33. The molecule has 1 N–H and O–H groups in total. The Bertz CT molecular complexity index is 483. The number of benzene rings is 1. The number of carboxylic acid groups (broad SMARTS) is 1. The van der Waals surface area contributed by atoms with Crippen molar-refractivity contribution in [3.63, 3.8) is 0 Å². The van der Waals surface area contributed by atoms with Gasteiger partial charge in [-0.15, -0.1) is 23.7 Å². The zero-order valence-electron chi connectivity index (χ0n) is 6.73. The molecule has 0 amide bonds. The minimum atomic E-state index is -0.953. The highest BCUT2D eigenvalue weighted by Gasteiger charge is 2.06. The summed E-state index contributed by atoms with van der Waals surface area (Å²) in [6.07, 6.45) is 0. The first-order chi connectivity index (χ1) is 6.16. The van der Waals surface area contributed by atoms with E-state index in [-0.39, 0.29) is 18.0 Å². The molecule has 74 valence electrons. The third-order valence-electron chi connectivity index (χ3n) is 1.61. The maximum absolute atomic E-state index is 10.6. The van der Waals surface area contributed by atoms with Gasteiger partial charge in [0.25, 0.3) is 0 Å². The quantitative estimate of drug-likeness (QED) is 0.846. The summed E-state index contributed by atoms with van der Waals surface area (Å²) in [6, 6.07) is 4.77. The molecule has 0 aliphatic rings. The molecular weight excluding hydrogens is 245 g/mol. The lowest BCUT2D eigenvalue weighted by Gasteiger charge is -1.91. The largest absolute Gasteiger partial charge is 0.478 e. The second-order valence-corrected chi connectivity index (χ2v) is 4.07. The molecule has 0 aliphatic carbocycles. The third-order valence-corrected chi connectivity index (χ3v) is 2.75. The molecule has 0 radical (unpaired) electrons. The van der Waals surface area contributed by atoms with Gasteiger partial charge in [-0.05, 0) is 18.2 Å². The van der Waals surface area contributed by atoms with Crippen LogP contribution in [0.25, 0.3) is 10.2 Å². The number of carbonyl (C=O) groups is 1. The second-order valence-electron chi connectivity index (χ2n) is 2.45. The summed E-state index contributed by atoms with van der Waals surface area (Å²) in [5, 5.41) is 8.69. The predicted molar refractivity (Wildman–Crippen MR) is 58.8 cm³/mol. The van der Waals surface area contributed by atoms with Gasteiger partial charge in [-0.3, -0.25) is 0 Å². The van der Waals surface area contributed by atoms with Crippen molar-refractivity contribution in [3.05, 3.63) is 28.2 Å². The smallest absolute Gasteiger partial charge is 0.335 e. The third kappa shape index (κ3) is 1.97. The number of hydrogen-bond acceptors (Lipinski definition) is 3. The Morgan fingerprint density at radius 3 is 2.86 bits per heavy atom. The predicted octanol–water partition coefficient (Wildman–Crippen LogP) is 3.07. The van der Waals surface area contributed by atoms with Gasteiger partial charge in [-0.2, -0.15) is 0 Å². The zero-order chi connectivity index (χ0) is 9.42. The Hall–Kier alpha value is -0.840. The van der Waals surface area contributed by atoms with Crippen molar-refractivity contribution in [2.24, 2.45) is 0 Å². The average Bonchev–Trinajstić information content (AvgIpc) is 2.42. The van der Waals surface area contributed by atoms with Crippen LogP contribution < -0.4 is 0 Å². The molecule has 0 spiro atoms. The SMILES string of the molecule is Cl.O=C(O)c1ccc2sc(Cl)nc2c1. The van der Waals surface area contributed by atoms with Gasteiger partial charge < -0.3 is 5.11 Å². The van der Waals surface area contributed by atoms with Crippen LogP contribution in [0.3, 0.4) is 0 Å². The number of thiazole rings is 1. The number of hydrogen-bond donors (Lipinski definition) is 1. The maximum Gasteiger partial charge on any atom is 0.335 e. The van der Waals surface area contributed by atoms with Gasteiger partial charge >= 0.3 is 5.97 Å². The summed E-state index contributed by atoms with van der Waals surface area (Å²) in [6.45, 7) is 0. The number of rotatable bonds is 1. The molecule has 3 nitrogen and oxygen atoms in total. The first kappa shape index (κ1) is 11.2. The Morgan fingerprint density at radius 2 is 2.21 bits per heavy atom. The number of aromatic nitrogens is 1. The van der Waals surface area contributed by atoms with Crippen LogP contribution in [0.15, 0.2) is 18.2 Å². The molecule has 2 aromatic rings. The summed E-state index contributed by atoms with van der Waals surface area (Å²) in [7, 11) is 0. The van der Waals surface area contributed by atoms with Gasteiger partial charge in [0.05, 0.1) is 15.8 Å². The van der Waals surface area contributed by atoms with E-state index in [0.29, 0.717) is 9.98 Å². The Kier molecular flexibility index (Phi) is 3.31. The first-order valence-electron chi connectivity index (χ1n) is 3.46. The molecule has 0 atom stereocenters. The van der Waals surface area contributed by atoms with E-state index in [4.69, 9.17) is 16.7 Å². The van der Waals surface area contributed by atoms with Crippen molar-refractivity contribution in [1.29, 1.82) is 0 Å². The van der Waals surface area contributed by atoms with Crippen molar-refractivity contribution < 1.29 is 9.90 Å². The van der Waals surface area contributed by atoms with Crippen molar-refractivity contribution in [3.8, 4) is 0 Å². The summed E-state index contributed by atoms with van der Waals surface area (Å²) in [5.41, 5.74) is 0.865. The minimum absolute atomic E-state index is 0.